The molecule has 11 atom stereocenters. The maximum Gasteiger partial charge on any atom is 0.293 e. The van der Waals surface area contributed by atoms with E-state index >= 15 is 43.2 Å². The number of primary amides is 1. The van der Waals surface area contributed by atoms with Crippen molar-refractivity contribution in [3.05, 3.63) is 197 Å². The summed E-state index contributed by atoms with van der Waals surface area (Å²) >= 11 is 0.877. The lowest BCUT2D eigenvalue weighted by Crippen LogP contribution is -2.59. The third-order valence-corrected chi connectivity index (χ3v) is 24.1. The number of nitrogens with one attached hydrogen (secondary N) is 7. The molecule has 33 nitrogen and oxygen atoms in total. The van der Waals surface area contributed by atoms with Gasteiger partial charge in [-0.3, -0.25) is 76.7 Å². The van der Waals surface area contributed by atoms with Crippen LogP contribution in [-0.2, 0) is 120 Å². The number of fused-ring (bicyclic) bond motifs is 1. The van der Waals surface area contributed by atoms with Gasteiger partial charge in [0.25, 0.3) is 6.47 Å². The summed E-state index contributed by atoms with van der Waals surface area (Å²) in [7, 11) is 6.72. The van der Waals surface area contributed by atoms with Crippen LogP contribution in [0.1, 0.15) is 119 Å². The fourth-order valence-corrected chi connectivity index (χ4v) is 16.5. The van der Waals surface area contributed by atoms with Gasteiger partial charge in [0.1, 0.15) is 78.0 Å². The zero-order chi connectivity index (χ0) is 95.0. The topological polar surface area (TPSA) is 473 Å². The Hall–Kier alpha value is -13.3. The van der Waals surface area contributed by atoms with E-state index < -0.39 is 211 Å². The van der Waals surface area contributed by atoms with Gasteiger partial charge in [-0.2, -0.15) is 0 Å². The molecule has 0 unspecified atom stereocenters. The number of nitrogens with two attached hydrogens (primary N) is 1. The molecule has 1 aliphatic heterocycles. The number of aromatic amines is 1. The average molecular weight is 1810 g/mol. The summed E-state index contributed by atoms with van der Waals surface area (Å²) in [6.45, 7) is 6.73. The Kier molecular flexibility index (Phi) is 39.2. The largest absolute Gasteiger partial charge is 0.508 e. The molecular formula is C96H121N13O20S. The molecule has 0 bridgehead atoms. The Morgan fingerprint density at radius 1 is 0.492 bits per heavy atom. The predicted molar refractivity (Wildman–Crippen MR) is 487 cm³/mol. The number of benzene rings is 6. The Morgan fingerprint density at radius 3 is 1.53 bits per heavy atom. The maximum absolute atomic E-state index is 15.6. The van der Waals surface area contributed by atoms with Crippen LogP contribution in [0.3, 0.4) is 0 Å². The van der Waals surface area contributed by atoms with Crippen LogP contribution in [-0.4, -0.2) is 260 Å². The van der Waals surface area contributed by atoms with Gasteiger partial charge in [0.05, 0.1) is 30.8 Å². The van der Waals surface area contributed by atoms with E-state index in [0.717, 1.165) is 26.5 Å². The van der Waals surface area contributed by atoms with Gasteiger partial charge < -0.3 is 87.2 Å². The molecule has 1 aromatic heterocycles. The fourth-order valence-electron chi connectivity index (χ4n) is 15.6. The molecule has 0 radical (unpaired) electrons. The second-order valence-electron chi connectivity index (χ2n) is 33.9. The normalized spacial score (nSPS) is 22.0. The number of phenolic OH excluding ortho intramolecular Hbond substituents is 3. The molecule has 130 heavy (non-hydrogen) atoms. The summed E-state index contributed by atoms with van der Waals surface area (Å²) in [5.41, 5.74) is 9.14. The molecule has 6 aromatic carbocycles. The Bertz CT molecular complexity index is 5080. The smallest absolute Gasteiger partial charge is 0.293 e. The molecule has 12 N–H and O–H groups in total. The molecule has 12 amide bonds. The van der Waals surface area contributed by atoms with Crippen LogP contribution in [0, 0.1) is 23.7 Å². The predicted octanol–water partition coefficient (Wildman–Crippen LogP) is 5.14. The second kappa shape index (κ2) is 49.9. The number of nitrogens with zero attached hydrogens (tertiary/aromatic N) is 5. The number of hydrogen-bond donors (Lipinski definition) is 11. The van der Waals surface area contributed by atoms with Crippen molar-refractivity contribution in [2.24, 2.45) is 29.4 Å². The molecule has 34 heteroatoms. The molecule has 0 aliphatic carbocycles. The van der Waals surface area contributed by atoms with E-state index in [-0.39, 0.29) is 86.8 Å². The van der Waals surface area contributed by atoms with Crippen molar-refractivity contribution in [1.82, 2.24) is 61.4 Å². The quantitative estimate of drug-likeness (QED) is 0.0330. The minimum absolute atomic E-state index is 0.0711. The van der Waals surface area contributed by atoms with Crippen molar-refractivity contribution < 1.29 is 96.8 Å². The van der Waals surface area contributed by atoms with Crippen molar-refractivity contribution >= 4 is 117 Å². The minimum Gasteiger partial charge on any atom is -0.508 e. The van der Waals surface area contributed by atoms with Gasteiger partial charge in [0.2, 0.25) is 70.9 Å². The highest BCUT2D eigenvalue weighted by Gasteiger charge is 2.42. The number of unbranched alkanes of at least 4 members (excludes halogenated alkanes) is 1. The van der Waals surface area contributed by atoms with Gasteiger partial charge in [0.15, 0.2) is 11.6 Å². The van der Waals surface area contributed by atoms with E-state index in [2.05, 4.69) is 36.9 Å². The van der Waals surface area contributed by atoms with Gasteiger partial charge in [0, 0.05) is 128 Å². The molecule has 7 aromatic rings. The van der Waals surface area contributed by atoms with Gasteiger partial charge >= 0.3 is 0 Å². The van der Waals surface area contributed by atoms with E-state index in [1.54, 1.807) is 119 Å². The van der Waals surface area contributed by atoms with Crippen molar-refractivity contribution in [1.29, 1.82) is 0 Å². The van der Waals surface area contributed by atoms with Gasteiger partial charge in [-0.05, 0) is 101 Å². The number of aromatic hydroxyl groups is 3. The molecule has 696 valence electrons. The summed E-state index contributed by atoms with van der Waals surface area (Å²) < 4.78 is 5.15. The number of carbonyl (C=O) groups excluding carboxylic acids is 16. The van der Waals surface area contributed by atoms with Crippen LogP contribution in [0.25, 0.3) is 10.9 Å². The molecule has 0 saturated carbocycles. The highest BCUT2D eigenvalue weighted by Crippen LogP contribution is 2.28. The summed E-state index contributed by atoms with van der Waals surface area (Å²) in [6, 6.07) is 28.5. The number of carbonyl (C=O) groups is 16. The third-order valence-electron chi connectivity index (χ3n) is 23.0. The number of phenols is 3. The first kappa shape index (κ1) is 102. The van der Waals surface area contributed by atoms with Crippen LogP contribution >= 0.6 is 11.8 Å². The summed E-state index contributed by atoms with van der Waals surface area (Å²) in [4.78, 5) is 244. The summed E-state index contributed by atoms with van der Waals surface area (Å²) in [5.74, 6) is -16.8. The first-order valence-corrected chi connectivity index (χ1v) is 44.6. The standard InChI is InChI=1S/C96H121N13O20S/c1-11-12-27-80-95(127)105(6)52-70(114)48-66(54-129-57-110)84(116)50-72(59(4)5)92(124)108(9)81(46-64-32-38-69(113)39-33-64)91(123)103-77(45-63-30-36-68(112)37-31-63)93(125)106(7)53-86(118)99-76(49-65-51-98-73-26-20-19-25-71(65)73)90(122)102-75(43-62-28-34-67(111)35-29-62)89(121)101-74(42-58(2)3)88(120)104-79(83(115)40-41-85(97)117)55-130-56-87(119)100-78(44-60-21-15-13-16-22-60)94(126)109(10)82(96(128)107(80)8)47-61-23-17-14-18-24-61/h13-26,28-39,51,57-59,66,72,74-82,98,111-113H,11-12,27,40-50,52-56H2,1-10H3,(H2,97,117)(H,99,118)(H,100,119)(H,101,121)(H,102,122)(H,103,123)(H,104,120)/t66-,72-,74-,75-,76-,77-,78-,79-,80-,81-,82-/m0/s1. The lowest BCUT2D eigenvalue weighted by molar-refractivity contribution is -0.151. The van der Waals surface area contributed by atoms with E-state index in [1.165, 1.54) is 118 Å². The van der Waals surface area contributed by atoms with Crippen molar-refractivity contribution in [3.8, 4) is 17.2 Å². The number of ether oxygens (including phenoxy) is 1. The fraction of sp³-hybridized carbons (Fsp3) is 0.438. The molecule has 0 spiro atoms. The van der Waals surface area contributed by atoms with Crippen molar-refractivity contribution in [2.75, 3.05) is 66.4 Å². The zero-order valence-corrected chi connectivity index (χ0v) is 75.9. The van der Waals surface area contributed by atoms with Crippen LogP contribution in [0.5, 0.6) is 17.2 Å². The van der Waals surface area contributed by atoms with Crippen molar-refractivity contribution in [2.45, 2.75) is 179 Å². The number of rotatable bonds is 25. The molecular weight excluding hydrogens is 1690 g/mol. The first-order chi connectivity index (χ1) is 61.9. The number of aromatic nitrogens is 1. The van der Waals surface area contributed by atoms with Gasteiger partial charge in [-0.1, -0.05) is 163 Å². The highest BCUT2D eigenvalue weighted by atomic mass is 32.2. The highest BCUT2D eigenvalue weighted by molar-refractivity contribution is 8.00. The lowest BCUT2D eigenvalue weighted by atomic mass is 9.84. The molecule has 1 fully saturated rings. The van der Waals surface area contributed by atoms with E-state index in [4.69, 9.17) is 10.5 Å². The van der Waals surface area contributed by atoms with Crippen LogP contribution in [0.2, 0.25) is 0 Å². The number of hydrogen-bond acceptors (Lipinski definition) is 21. The number of ketones is 3. The monoisotopic (exact) mass is 1810 g/mol. The minimum atomic E-state index is -1.59. The van der Waals surface area contributed by atoms with E-state index in [1.807, 2.05) is 6.92 Å². The molecule has 1 saturated heterocycles. The third kappa shape index (κ3) is 30.7. The Morgan fingerprint density at radius 2 is 0.969 bits per heavy atom. The van der Waals surface area contributed by atoms with Gasteiger partial charge in [-0.15, -0.1) is 11.8 Å². The molecule has 1 aliphatic rings. The molecule has 2 heterocycles. The number of para-hydroxylation sites is 1. The number of H-pyrrole nitrogens is 1. The Balaban J connectivity index is 1.21. The Labute approximate surface area is 760 Å². The van der Waals surface area contributed by atoms with E-state index in [9.17, 15) is 48.9 Å². The van der Waals surface area contributed by atoms with Crippen molar-refractivity contribution in [3.63, 3.8) is 0 Å². The first-order valence-electron chi connectivity index (χ1n) is 43.5. The molecule has 8 rings (SSSR count). The van der Waals surface area contributed by atoms with Crippen LogP contribution in [0.4, 0.5) is 0 Å². The van der Waals surface area contributed by atoms with Gasteiger partial charge in [-0.25, -0.2) is 0 Å². The lowest BCUT2D eigenvalue weighted by Gasteiger charge is -2.37. The zero-order valence-electron chi connectivity index (χ0n) is 75.1. The average Bonchev–Trinajstić information content (AvgIpc) is 1.27. The number of thioether (sulfide) groups is 1. The SMILES string of the molecule is CCCC[C@H]1C(=O)N(C)CC(=O)C[C@@H](COC=O)C(=O)C[C@@H](C(C)C)C(=O)N(C)[C@@H](Cc2ccc(O)cc2)C(=O)N[C@@H](Cc2ccc(O)cc2)C(=O)N(C)CC(=O)N[C@@H](Cc2c[nH]c3ccccc23)C(=O)N[C@@H](Cc2ccc(O)cc2)C(=O)N[C@@H](CC(C)C)C(=O)N[C@H](C(=O)CCC(N)=O)CSCC(=O)N[C@@H](Cc2ccccc2)C(=O)N(C)[C@@H](Cc2ccccc2)C(=O)N1C. The summed E-state index contributed by atoms with van der Waals surface area (Å²) in [5, 5.41) is 48.5. The van der Waals surface area contributed by atoms with Crippen LogP contribution < -0.4 is 37.6 Å². The number of Topliss-reactive ketones (excluding diaryl/α,β-unsaturated/α-hetero) is 3. The van der Waals surface area contributed by atoms with Crippen LogP contribution in [0.15, 0.2) is 164 Å². The number of likely N-dealkylation sites (N-methyl/N-ethyl adjacent to an activating group) is 5. The van der Waals surface area contributed by atoms with E-state index in [0.29, 0.717) is 57.1 Å². The number of amides is 12. The summed E-state index contributed by atoms with van der Waals surface area (Å²) in [6.07, 6.45) is -0.801. The second-order valence-corrected chi connectivity index (χ2v) is 35.0. The maximum atomic E-state index is 15.6.